The van der Waals surface area contributed by atoms with Gasteiger partial charge in [0.2, 0.25) is 5.91 Å². The van der Waals surface area contributed by atoms with Gasteiger partial charge in [-0.05, 0) is 36.8 Å². The van der Waals surface area contributed by atoms with Gasteiger partial charge in [0, 0.05) is 5.56 Å². The molecule has 0 saturated carbocycles. The van der Waals surface area contributed by atoms with Crippen LogP contribution in [-0.2, 0) is 11.2 Å². The summed E-state index contributed by atoms with van der Waals surface area (Å²) in [5.41, 5.74) is 1.42. The normalized spacial score (nSPS) is 10.1. The smallest absolute Gasteiger partial charge is 0.228 e. The first-order valence-electron chi connectivity index (χ1n) is 6.73. The van der Waals surface area contributed by atoms with Crippen molar-refractivity contribution in [2.75, 3.05) is 12.4 Å². The first-order valence-corrected chi connectivity index (χ1v) is 6.73. The predicted molar refractivity (Wildman–Crippen MR) is 81.7 cm³/mol. The molecule has 0 heterocycles. The Labute approximate surface area is 127 Å². The second-order valence-electron chi connectivity index (χ2n) is 4.80. The summed E-state index contributed by atoms with van der Waals surface area (Å²) in [4.78, 5) is 23.6. The SMILES string of the molecule is COc1ccc(CC(=O)Nc2ccccc2C(C)=O)cc1F. The minimum atomic E-state index is -0.517. The Morgan fingerprint density at radius 1 is 1.18 bits per heavy atom. The molecule has 1 N–H and O–H groups in total. The van der Waals surface area contributed by atoms with Crippen LogP contribution in [0.3, 0.4) is 0 Å². The Morgan fingerprint density at radius 2 is 1.91 bits per heavy atom. The second-order valence-corrected chi connectivity index (χ2v) is 4.80. The summed E-state index contributed by atoms with van der Waals surface area (Å²) in [5, 5.41) is 2.67. The van der Waals surface area contributed by atoms with Gasteiger partial charge in [0.15, 0.2) is 17.3 Å². The van der Waals surface area contributed by atoms with Gasteiger partial charge in [-0.15, -0.1) is 0 Å². The number of benzene rings is 2. The molecule has 2 aromatic rings. The quantitative estimate of drug-likeness (QED) is 0.863. The second kappa shape index (κ2) is 6.85. The number of carbonyl (C=O) groups is 2. The van der Waals surface area contributed by atoms with Gasteiger partial charge in [0.05, 0.1) is 19.2 Å². The van der Waals surface area contributed by atoms with Crippen LogP contribution >= 0.6 is 0 Å². The van der Waals surface area contributed by atoms with E-state index in [0.29, 0.717) is 16.8 Å². The maximum absolute atomic E-state index is 13.6. The zero-order valence-corrected chi connectivity index (χ0v) is 12.4. The Balaban J connectivity index is 2.11. The van der Waals surface area contributed by atoms with Crippen molar-refractivity contribution >= 4 is 17.4 Å². The molecule has 0 radical (unpaired) electrons. The zero-order chi connectivity index (χ0) is 16.1. The summed E-state index contributed by atoms with van der Waals surface area (Å²) in [5.74, 6) is -0.840. The third-order valence-corrected chi connectivity index (χ3v) is 3.16. The van der Waals surface area contributed by atoms with Crippen molar-refractivity contribution in [1.29, 1.82) is 0 Å². The van der Waals surface area contributed by atoms with Crippen LogP contribution in [0.4, 0.5) is 10.1 Å². The third-order valence-electron chi connectivity index (χ3n) is 3.16. The van der Waals surface area contributed by atoms with Crippen LogP contribution in [0.1, 0.15) is 22.8 Å². The van der Waals surface area contributed by atoms with Crippen molar-refractivity contribution in [3.63, 3.8) is 0 Å². The van der Waals surface area contributed by atoms with Gasteiger partial charge in [-0.1, -0.05) is 18.2 Å². The van der Waals surface area contributed by atoms with E-state index < -0.39 is 5.82 Å². The third kappa shape index (κ3) is 3.69. The largest absolute Gasteiger partial charge is 0.494 e. The van der Waals surface area contributed by atoms with E-state index in [0.717, 1.165) is 0 Å². The number of hydrogen-bond acceptors (Lipinski definition) is 3. The summed E-state index contributed by atoms with van der Waals surface area (Å²) >= 11 is 0. The van der Waals surface area contributed by atoms with Crippen LogP contribution in [0, 0.1) is 5.82 Å². The first-order chi connectivity index (χ1) is 10.5. The molecule has 0 atom stereocenters. The molecule has 0 aromatic heterocycles. The van der Waals surface area contributed by atoms with E-state index >= 15 is 0 Å². The van der Waals surface area contributed by atoms with Crippen LogP contribution in [0.5, 0.6) is 5.75 Å². The number of carbonyl (C=O) groups excluding carboxylic acids is 2. The molecular weight excluding hydrogens is 285 g/mol. The predicted octanol–water partition coefficient (Wildman–Crippen LogP) is 3.22. The van der Waals surface area contributed by atoms with Crippen molar-refractivity contribution in [3.05, 3.63) is 59.4 Å². The number of methoxy groups -OCH3 is 1. The number of para-hydroxylation sites is 1. The van der Waals surface area contributed by atoms with Crippen molar-refractivity contribution < 1.29 is 18.7 Å². The molecule has 2 aromatic carbocycles. The van der Waals surface area contributed by atoms with Crippen molar-refractivity contribution in [3.8, 4) is 5.75 Å². The molecule has 1 amide bonds. The highest BCUT2D eigenvalue weighted by molar-refractivity contribution is 6.04. The zero-order valence-electron chi connectivity index (χ0n) is 12.4. The average molecular weight is 301 g/mol. The number of ketones is 1. The number of halogens is 1. The monoisotopic (exact) mass is 301 g/mol. The number of Topliss-reactive ketones (excluding diaryl/α,β-unsaturated/α-hetero) is 1. The van der Waals surface area contributed by atoms with Crippen molar-refractivity contribution in [2.24, 2.45) is 0 Å². The molecule has 114 valence electrons. The van der Waals surface area contributed by atoms with Crippen LogP contribution in [0.2, 0.25) is 0 Å². The molecule has 0 aliphatic carbocycles. The standard InChI is InChI=1S/C17H16FNO3/c1-11(20)13-5-3-4-6-15(13)19-17(21)10-12-7-8-16(22-2)14(18)9-12/h3-9H,10H2,1-2H3,(H,19,21). The Kier molecular flexibility index (Phi) is 4.88. The fourth-order valence-electron chi connectivity index (χ4n) is 2.10. The number of hydrogen-bond donors (Lipinski definition) is 1. The first kappa shape index (κ1) is 15.7. The highest BCUT2D eigenvalue weighted by Crippen LogP contribution is 2.19. The van der Waals surface area contributed by atoms with E-state index in [4.69, 9.17) is 4.74 Å². The molecule has 5 heteroatoms. The molecule has 22 heavy (non-hydrogen) atoms. The highest BCUT2D eigenvalue weighted by Gasteiger charge is 2.11. The van der Waals surface area contributed by atoms with Gasteiger partial charge in [-0.25, -0.2) is 4.39 Å². The van der Waals surface area contributed by atoms with Crippen LogP contribution in [-0.4, -0.2) is 18.8 Å². The van der Waals surface area contributed by atoms with E-state index in [9.17, 15) is 14.0 Å². The Hall–Kier alpha value is -2.69. The topological polar surface area (TPSA) is 55.4 Å². The molecule has 0 bridgehead atoms. The summed E-state index contributed by atoms with van der Waals surface area (Å²) < 4.78 is 18.4. The van der Waals surface area contributed by atoms with Gasteiger partial charge >= 0.3 is 0 Å². The van der Waals surface area contributed by atoms with Crippen molar-refractivity contribution in [2.45, 2.75) is 13.3 Å². The molecule has 0 unspecified atom stereocenters. The van der Waals surface area contributed by atoms with Gasteiger partial charge in [-0.2, -0.15) is 0 Å². The number of ether oxygens (including phenoxy) is 1. The highest BCUT2D eigenvalue weighted by atomic mass is 19.1. The van der Waals surface area contributed by atoms with Crippen LogP contribution < -0.4 is 10.1 Å². The van der Waals surface area contributed by atoms with Crippen LogP contribution in [0.15, 0.2) is 42.5 Å². The maximum Gasteiger partial charge on any atom is 0.228 e. The lowest BCUT2D eigenvalue weighted by Crippen LogP contribution is -2.16. The number of anilines is 1. The minimum absolute atomic E-state index is 0.00710. The lowest BCUT2D eigenvalue weighted by Gasteiger charge is -2.09. The summed E-state index contributed by atoms with van der Waals surface area (Å²) in [6, 6.07) is 11.1. The Bertz CT molecular complexity index is 713. The van der Waals surface area contributed by atoms with E-state index in [-0.39, 0.29) is 23.9 Å². The molecule has 0 aliphatic rings. The number of nitrogens with one attached hydrogen (secondary N) is 1. The van der Waals surface area contributed by atoms with E-state index in [2.05, 4.69) is 5.32 Å². The molecule has 4 nitrogen and oxygen atoms in total. The Morgan fingerprint density at radius 3 is 2.55 bits per heavy atom. The lowest BCUT2D eigenvalue weighted by atomic mass is 10.1. The van der Waals surface area contributed by atoms with E-state index in [1.807, 2.05) is 0 Å². The fourth-order valence-corrected chi connectivity index (χ4v) is 2.10. The van der Waals surface area contributed by atoms with Crippen molar-refractivity contribution in [1.82, 2.24) is 0 Å². The number of amides is 1. The summed E-state index contributed by atoms with van der Waals surface area (Å²) in [6.45, 7) is 1.43. The average Bonchev–Trinajstić information content (AvgIpc) is 2.47. The van der Waals surface area contributed by atoms with Gasteiger partial charge < -0.3 is 10.1 Å². The molecule has 0 fully saturated rings. The van der Waals surface area contributed by atoms with E-state index in [1.54, 1.807) is 30.3 Å². The molecule has 0 saturated heterocycles. The van der Waals surface area contributed by atoms with E-state index in [1.165, 1.54) is 26.2 Å². The number of rotatable bonds is 5. The fraction of sp³-hybridized carbons (Fsp3) is 0.176. The minimum Gasteiger partial charge on any atom is -0.494 e. The van der Waals surface area contributed by atoms with Gasteiger partial charge in [0.25, 0.3) is 0 Å². The molecule has 2 rings (SSSR count). The lowest BCUT2D eigenvalue weighted by molar-refractivity contribution is -0.115. The van der Waals surface area contributed by atoms with Gasteiger partial charge in [0.1, 0.15) is 0 Å². The molecule has 0 spiro atoms. The molecular formula is C17H16FNO3. The maximum atomic E-state index is 13.6. The summed E-state index contributed by atoms with van der Waals surface area (Å²) in [7, 11) is 1.38. The van der Waals surface area contributed by atoms with Gasteiger partial charge in [-0.3, -0.25) is 9.59 Å². The van der Waals surface area contributed by atoms with Crippen LogP contribution in [0.25, 0.3) is 0 Å². The molecule has 0 aliphatic heterocycles. The summed E-state index contributed by atoms with van der Waals surface area (Å²) in [6.07, 6.45) is 0.00710.